The first-order valence-electron chi connectivity index (χ1n) is 6.69. The van der Waals surface area contributed by atoms with Gasteiger partial charge in [-0.05, 0) is 30.3 Å². The van der Waals surface area contributed by atoms with E-state index in [0.717, 1.165) is 5.69 Å². The van der Waals surface area contributed by atoms with Crippen molar-refractivity contribution in [2.45, 2.75) is 6.10 Å². The summed E-state index contributed by atoms with van der Waals surface area (Å²) in [6.45, 7) is 0.0898. The molecule has 0 spiro atoms. The molecule has 0 bridgehead atoms. The molecule has 6 nitrogen and oxygen atoms in total. The third-order valence-corrected chi connectivity index (χ3v) is 3.43. The number of aliphatic hydroxyl groups excluding tert-OH is 1. The Morgan fingerprint density at radius 3 is 2.86 bits per heavy atom. The van der Waals surface area contributed by atoms with Crippen LogP contribution in [0.15, 0.2) is 36.5 Å². The lowest BCUT2D eigenvalue weighted by atomic mass is 10.2. The Kier molecular flexibility index (Phi) is 5.30. The molecule has 7 heteroatoms. The first kappa shape index (κ1) is 16.2. The second kappa shape index (κ2) is 7.20. The topological polar surface area (TPSA) is 75.5 Å². The predicted octanol–water partition coefficient (Wildman–Crippen LogP) is 2.54. The third-order valence-electron chi connectivity index (χ3n) is 3.19. The molecule has 3 N–H and O–H groups in total. The van der Waals surface area contributed by atoms with Crippen LogP contribution in [0.2, 0.25) is 5.02 Å². The first-order chi connectivity index (χ1) is 10.5. The normalized spacial score (nSPS) is 11.8. The maximum Gasteiger partial charge on any atom is 0.319 e. The molecule has 2 rings (SSSR count). The number of carbonyl (C=O) groups excluding carboxylic acids is 1. The lowest BCUT2D eigenvalue weighted by Gasteiger charge is -2.15. The number of aromatic nitrogens is 1. The smallest absolute Gasteiger partial charge is 0.319 e. The van der Waals surface area contributed by atoms with Crippen LogP contribution in [-0.2, 0) is 7.05 Å². The Morgan fingerprint density at radius 2 is 2.23 bits per heavy atom. The van der Waals surface area contributed by atoms with Gasteiger partial charge in [-0.15, -0.1) is 0 Å². The number of carbonyl (C=O) groups is 1. The van der Waals surface area contributed by atoms with Gasteiger partial charge in [-0.25, -0.2) is 4.79 Å². The number of benzene rings is 1. The number of halogens is 1. The highest BCUT2D eigenvalue weighted by Gasteiger charge is 2.13. The molecule has 0 fully saturated rings. The summed E-state index contributed by atoms with van der Waals surface area (Å²) in [4.78, 5) is 11.9. The van der Waals surface area contributed by atoms with Crippen molar-refractivity contribution in [2.24, 2.45) is 7.05 Å². The van der Waals surface area contributed by atoms with E-state index in [9.17, 15) is 9.90 Å². The highest BCUT2D eigenvalue weighted by atomic mass is 35.5. The number of amides is 2. The van der Waals surface area contributed by atoms with E-state index in [0.29, 0.717) is 16.5 Å². The molecule has 2 amide bonds. The molecule has 0 aliphatic rings. The van der Waals surface area contributed by atoms with Gasteiger partial charge in [0.2, 0.25) is 0 Å². The summed E-state index contributed by atoms with van der Waals surface area (Å²) in [6, 6.07) is 8.10. The van der Waals surface area contributed by atoms with Crippen molar-refractivity contribution < 1.29 is 14.6 Å². The Labute approximate surface area is 133 Å². The van der Waals surface area contributed by atoms with Gasteiger partial charge in [-0.2, -0.15) is 0 Å². The number of nitrogens with zero attached hydrogens (tertiary/aromatic N) is 1. The molecule has 1 unspecified atom stereocenters. The minimum Gasteiger partial charge on any atom is -0.495 e. The van der Waals surface area contributed by atoms with Gasteiger partial charge in [0.1, 0.15) is 11.9 Å². The molecule has 0 aliphatic heterocycles. The molecule has 1 heterocycles. The van der Waals surface area contributed by atoms with Crippen LogP contribution in [0.4, 0.5) is 10.5 Å². The van der Waals surface area contributed by atoms with Crippen LogP contribution in [0, 0.1) is 0 Å². The van der Waals surface area contributed by atoms with Crippen molar-refractivity contribution in [2.75, 3.05) is 19.0 Å². The number of anilines is 1. The van der Waals surface area contributed by atoms with Crippen molar-refractivity contribution in [3.8, 4) is 5.75 Å². The number of rotatable bonds is 5. The van der Waals surface area contributed by atoms with Crippen LogP contribution in [0.5, 0.6) is 5.75 Å². The molecular weight excluding hydrogens is 306 g/mol. The molecule has 0 saturated heterocycles. The Bertz CT molecular complexity index is 657. The monoisotopic (exact) mass is 323 g/mol. The van der Waals surface area contributed by atoms with E-state index in [-0.39, 0.29) is 6.54 Å². The zero-order valence-corrected chi connectivity index (χ0v) is 13.1. The van der Waals surface area contributed by atoms with E-state index in [1.807, 2.05) is 19.3 Å². The molecule has 22 heavy (non-hydrogen) atoms. The number of hydrogen-bond donors (Lipinski definition) is 3. The Morgan fingerprint density at radius 1 is 1.45 bits per heavy atom. The van der Waals surface area contributed by atoms with E-state index >= 15 is 0 Å². The third kappa shape index (κ3) is 3.93. The summed E-state index contributed by atoms with van der Waals surface area (Å²) < 4.78 is 6.94. The van der Waals surface area contributed by atoms with Gasteiger partial charge in [-0.3, -0.25) is 0 Å². The molecular formula is C15H18ClN3O3. The first-order valence-corrected chi connectivity index (χ1v) is 7.06. The van der Waals surface area contributed by atoms with E-state index in [1.165, 1.54) is 7.11 Å². The van der Waals surface area contributed by atoms with Gasteiger partial charge >= 0.3 is 6.03 Å². The van der Waals surface area contributed by atoms with Gasteiger partial charge in [0, 0.05) is 24.0 Å². The van der Waals surface area contributed by atoms with Crippen LogP contribution in [-0.4, -0.2) is 29.4 Å². The fourth-order valence-corrected chi connectivity index (χ4v) is 2.23. The second-order valence-corrected chi connectivity index (χ2v) is 5.18. The number of urea groups is 1. The SMILES string of the molecule is COc1ccc(Cl)cc1NC(=O)NCC(O)c1cccn1C. The molecule has 0 saturated carbocycles. The summed E-state index contributed by atoms with van der Waals surface area (Å²) in [5.74, 6) is 0.502. The quantitative estimate of drug-likeness (QED) is 0.791. The van der Waals surface area contributed by atoms with Crippen LogP contribution >= 0.6 is 11.6 Å². The van der Waals surface area contributed by atoms with Crippen LogP contribution in [0.25, 0.3) is 0 Å². The number of methoxy groups -OCH3 is 1. The van der Waals surface area contributed by atoms with Gasteiger partial charge in [0.05, 0.1) is 19.3 Å². The number of hydrogen-bond acceptors (Lipinski definition) is 3. The molecule has 1 aromatic heterocycles. The molecule has 1 atom stereocenters. The molecule has 2 aromatic rings. The minimum absolute atomic E-state index is 0.0898. The maximum atomic E-state index is 11.9. The van der Waals surface area contributed by atoms with Gasteiger partial charge in [0.25, 0.3) is 0 Å². The average Bonchev–Trinajstić information content (AvgIpc) is 2.91. The number of ether oxygens (including phenoxy) is 1. The van der Waals surface area contributed by atoms with Crippen LogP contribution in [0.3, 0.4) is 0 Å². The van der Waals surface area contributed by atoms with Crippen molar-refractivity contribution in [1.29, 1.82) is 0 Å². The fraction of sp³-hybridized carbons (Fsp3) is 0.267. The zero-order valence-electron chi connectivity index (χ0n) is 12.3. The summed E-state index contributed by atoms with van der Waals surface area (Å²) in [6.07, 6.45) is 1.04. The number of aryl methyl sites for hydroxylation is 1. The highest BCUT2D eigenvalue weighted by molar-refractivity contribution is 6.31. The van der Waals surface area contributed by atoms with Crippen molar-refractivity contribution in [1.82, 2.24) is 9.88 Å². The molecule has 0 aliphatic carbocycles. The van der Waals surface area contributed by atoms with Crippen molar-refractivity contribution in [3.05, 3.63) is 47.2 Å². The number of aliphatic hydroxyl groups is 1. The van der Waals surface area contributed by atoms with E-state index in [4.69, 9.17) is 16.3 Å². The van der Waals surface area contributed by atoms with Crippen LogP contribution in [0.1, 0.15) is 11.8 Å². The highest BCUT2D eigenvalue weighted by Crippen LogP contribution is 2.27. The summed E-state index contributed by atoms with van der Waals surface area (Å²) >= 11 is 5.90. The Balaban J connectivity index is 1.93. The molecule has 1 aromatic carbocycles. The lowest BCUT2D eigenvalue weighted by molar-refractivity contribution is 0.167. The summed E-state index contributed by atoms with van der Waals surface area (Å²) in [5.41, 5.74) is 1.18. The number of nitrogens with one attached hydrogen (secondary N) is 2. The largest absolute Gasteiger partial charge is 0.495 e. The van der Waals surface area contributed by atoms with Crippen molar-refractivity contribution in [3.63, 3.8) is 0 Å². The maximum absolute atomic E-state index is 11.9. The van der Waals surface area contributed by atoms with Gasteiger partial charge in [-0.1, -0.05) is 11.6 Å². The molecule has 0 radical (unpaired) electrons. The van der Waals surface area contributed by atoms with Crippen molar-refractivity contribution >= 4 is 23.3 Å². The predicted molar refractivity (Wildman–Crippen MR) is 85.4 cm³/mol. The van der Waals surface area contributed by atoms with Gasteiger partial charge in [0.15, 0.2) is 0 Å². The zero-order chi connectivity index (χ0) is 16.1. The summed E-state index contributed by atoms with van der Waals surface area (Å²) in [7, 11) is 3.33. The average molecular weight is 324 g/mol. The lowest BCUT2D eigenvalue weighted by Crippen LogP contribution is -2.32. The van der Waals surface area contributed by atoms with E-state index in [2.05, 4.69) is 10.6 Å². The Hall–Kier alpha value is -2.18. The second-order valence-electron chi connectivity index (χ2n) is 4.74. The van der Waals surface area contributed by atoms with E-state index < -0.39 is 12.1 Å². The summed E-state index contributed by atoms with van der Waals surface area (Å²) in [5, 5.41) is 15.8. The fourth-order valence-electron chi connectivity index (χ4n) is 2.06. The van der Waals surface area contributed by atoms with Gasteiger partial charge < -0.3 is 25.0 Å². The minimum atomic E-state index is -0.785. The molecule has 118 valence electrons. The standard InChI is InChI=1S/C15H18ClN3O3/c1-19-7-3-4-12(19)13(20)9-17-15(21)18-11-8-10(16)5-6-14(11)22-2/h3-8,13,20H,9H2,1-2H3,(H2,17,18,21). The van der Waals surface area contributed by atoms with E-state index in [1.54, 1.807) is 28.8 Å². The van der Waals surface area contributed by atoms with Crippen LogP contribution < -0.4 is 15.4 Å².